The fourth-order valence-corrected chi connectivity index (χ4v) is 1.37. The van der Waals surface area contributed by atoms with Crippen molar-refractivity contribution in [2.45, 2.75) is 13.3 Å². The van der Waals surface area contributed by atoms with Crippen molar-refractivity contribution in [1.29, 1.82) is 0 Å². The van der Waals surface area contributed by atoms with Gasteiger partial charge in [-0.25, -0.2) is 10.9 Å². The summed E-state index contributed by atoms with van der Waals surface area (Å²) in [6.07, 6.45) is 0.319. The number of hydrazine groups is 1. The topological polar surface area (TPSA) is 46.3 Å². The zero-order valence-electron chi connectivity index (χ0n) is 7.63. The van der Waals surface area contributed by atoms with Crippen LogP contribution in [-0.4, -0.2) is 5.91 Å². The van der Waals surface area contributed by atoms with E-state index >= 15 is 0 Å². The van der Waals surface area contributed by atoms with Gasteiger partial charge < -0.3 is 0 Å². The summed E-state index contributed by atoms with van der Waals surface area (Å²) in [5.41, 5.74) is 0.422. The van der Waals surface area contributed by atoms with Crippen molar-refractivity contribution in [2.24, 2.45) is 5.84 Å². The molecule has 0 bridgehead atoms. The van der Waals surface area contributed by atoms with Crippen LogP contribution in [0.5, 0.6) is 0 Å². The molecule has 0 unspecified atom stereocenters. The van der Waals surface area contributed by atoms with Crippen LogP contribution in [0.3, 0.4) is 0 Å². The predicted octanol–water partition coefficient (Wildman–Crippen LogP) is 2.61. The summed E-state index contributed by atoms with van der Waals surface area (Å²) in [5.74, 6) is 5.35. The molecule has 1 aromatic carbocycles. The summed E-state index contributed by atoms with van der Waals surface area (Å²) in [6.45, 7) is 1.72. The Morgan fingerprint density at radius 3 is 2.71 bits per heavy atom. The number of hydrogen-bond acceptors (Lipinski definition) is 2. The summed E-state index contributed by atoms with van der Waals surface area (Å²) < 4.78 is 0. The smallest absolute Gasteiger partial charge is 0.240 e. The van der Waals surface area contributed by atoms with Gasteiger partial charge in [-0.2, -0.15) is 0 Å². The van der Waals surface area contributed by atoms with Gasteiger partial charge in [0.15, 0.2) is 0 Å². The maximum Gasteiger partial charge on any atom is 0.240 e. The maximum atomic E-state index is 11.3. The number of nitrogens with zero attached hydrogens (tertiary/aromatic N) is 1. The van der Waals surface area contributed by atoms with Gasteiger partial charge in [0.1, 0.15) is 0 Å². The molecule has 0 heterocycles. The highest BCUT2D eigenvalue weighted by Crippen LogP contribution is 2.31. The number of hydrogen-bond donors (Lipinski definition) is 1. The molecule has 0 atom stereocenters. The molecule has 0 aliphatic carbocycles. The molecule has 0 aliphatic heterocycles. The number of carbonyl (C=O) groups excluding carboxylic acids is 1. The van der Waals surface area contributed by atoms with Gasteiger partial charge in [0.2, 0.25) is 5.91 Å². The Morgan fingerprint density at radius 2 is 2.14 bits per heavy atom. The maximum absolute atomic E-state index is 11.3. The Bertz CT molecular complexity index is 355. The lowest BCUT2D eigenvalue weighted by Gasteiger charge is -2.17. The number of amides is 1. The van der Waals surface area contributed by atoms with Crippen molar-refractivity contribution in [3.05, 3.63) is 28.2 Å². The van der Waals surface area contributed by atoms with Crippen molar-refractivity contribution >= 4 is 34.8 Å². The molecular weight excluding hydrogens is 223 g/mol. The van der Waals surface area contributed by atoms with E-state index in [2.05, 4.69) is 0 Å². The molecule has 1 aromatic rings. The van der Waals surface area contributed by atoms with Gasteiger partial charge in [0.05, 0.1) is 15.7 Å². The molecule has 1 amide bonds. The number of halogens is 2. The molecular formula is C9H10Cl2N2O. The van der Waals surface area contributed by atoms with Gasteiger partial charge in [0.25, 0.3) is 0 Å². The average molecular weight is 233 g/mol. The first kappa shape index (κ1) is 11.3. The first-order chi connectivity index (χ1) is 6.57. The van der Waals surface area contributed by atoms with Crippen LogP contribution < -0.4 is 10.9 Å². The van der Waals surface area contributed by atoms with Gasteiger partial charge in [-0.1, -0.05) is 36.2 Å². The second kappa shape index (κ2) is 4.64. The Balaban J connectivity index is 3.07. The summed E-state index contributed by atoms with van der Waals surface area (Å²) in [5, 5.41) is 1.68. The highest BCUT2D eigenvalue weighted by atomic mass is 35.5. The van der Waals surface area contributed by atoms with Crippen molar-refractivity contribution in [3.8, 4) is 0 Å². The number of anilines is 1. The van der Waals surface area contributed by atoms with Crippen LogP contribution in [0.15, 0.2) is 18.2 Å². The number of rotatable bonds is 2. The van der Waals surface area contributed by atoms with Crippen LogP contribution in [0.25, 0.3) is 0 Å². The van der Waals surface area contributed by atoms with E-state index in [1.165, 1.54) is 0 Å². The normalized spacial score (nSPS) is 10.0. The molecule has 1 rings (SSSR count). The number of nitrogens with two attached hydrogens (primary N) is 1. The van der Waals surface area contributed by atoms with Crippen LogP contribution in [0, 0.1) is 0 Å². The van der Waals surface area contributed by atoms with Crippen LogP contribution in [-0.2, 0) is 4.79 Å². The highest BCUT2D eigenvalue weighted by Gasteiger charge is 2.14. The third-order valence-electron chi connectivity index (χ3n) is 1.76. The molecule has 3 nitrogen and oxygen atoms in total. The third kappa shape index (κ3) is 2.18. The number of benzene rings is 1. The Hall–Kier alpha value is -0.770. The molecule has 0 aromatic heterocycles. The van der Waals surface area contributed by atoms with Gasteiger partial charge in [-0.15, -0.1) is 0 Å². The lowest BCUT2D eigenvalue weighted by molar-refractivity contribution is -0.118. The molecule has 0 spiro atoms. The Labute approximate surface area is 92.4 Å². The van der Waals surface area contributed by atoms with E-state index in [-0.39, 0.29) is 5.91 Å². The fourth-order valence-electron chi connectivity index (χ4n) is 0.983. The van der Waals surface area contributed by atoms with E-state index < -0.39 is 0 Å². The minimum Gasteiger partial charge on any atom is -0.273 e. The lowest BCUT2D eigenvalue weighted by atomic mass is 10.3. The standard InChI is InChI=1S/C9H10Cl2N2O/c1-2-8(14)13(12)7-5-3-4-6(10)9(7)11/h3-5H,2,12H2,1H3. The largest absolute Gasteiger partial charge is 0.273 e. The van der Waals surface area contributed by atoms with E-state index in [9.17, 15) is 4.79 Å². The molecule has 0 aliphatic rings. The number of carbonyl (C=O) groups is 1. The SMILES string of the molecule is CCC(=O)N(N)c1cccc(Cl)c1Cl. The monoisotopic (exact) mass is 232 g/mol. The van der Waals surface area contributed by atoms with Crippen LogP contribution in [0.2, 0.25) is 10.0 Å². The molecule has 76 valence electrons. The average Bonchev–Trinajstić information content (AvgIpc) is 2.20. The van der Waals surface area contributed by atoms with Crippen molar-refractivity contribution in [3.63, 3.8) is 0 Å². The van der Waals surface area contributed by atoms with Gasteiger partial charge in [-0.05, 0) is 12.1 Å². The lowest BCUT2D eigenvalue weighted by Crippen LogP contribution is -2.37. The minimum atomic E-state index is -0.214. The van der Waals surface area contributed by atoms with Crippen LogP contribution in [0.4, 0.5) is 5.69 Å². The molecule has 5 heteroatoms. The Kier molecular flexibility index (Phi) is 3.75. The van der Waals surface area contributed by atoms with E-state index in [1.54, 1.807) is 25.1 Å². The molecule has 0 radical (unpaired) electrons. The van der Waals surface area contributed by atoms with E-state index in [0.29, 0.717) is 22.2 Å². The van der Waals surface area contributed by atoms with Gasteiger partial charge in [0, 0.05) is 6.42 Å². The van der Waals surface area contributed by atoms with Gasteiger partial charge >= 0.3 is 0 Å². The summed E-state index contributed by atoms with van der Waals surface area (Å²) in [7, 11) is 0. The second-order valence-electron chi connectivity index (χ2n) is 2.69. The quantitative estimate of drug-likeness (QED) is 0.484. The molecule has 2 N–H and O–H groups in total. The first-order valence-corrected chi connectivity index (χ1v) is 4.85. The summed E-state index contributed by atoms with van der Waals surface area (Å²) in [4.78, 5) is 11.3. The highest BCUT2D eigenvalue weighted by molar-refractivity contribution is 6.44. The Morgan fingerprint density at radius 1 is 1.50 bits per heavy atom. The van der Waals surface area contributed by atoms with Crippen LogP contribution >= 0.6 is 23.2 Å². The molecule has 0 saturated heterocycles. The van der Waals surface area contributed by atoms with Crippen molar-refractivity contribution in [2.75, 3.05) is 5.01 Å². The fraction of sp³-hybridized carbons (Fsp3) is 0.222. The van der Waals surface area contributed by atoms with Gasteiger partial charge in [-0.3, -0.25) is 4.79 Å². The summed E-state index contributed by atoms with van der Waals surface area (Å²) >= 11 is 11.7. The summed E-state index contributed by atoms with van der Waals surface area (Å²) in [6, 6.07) is 4.96. The van der Waals surface area contributed by atoms with Crippen molar-refractivity contribution in [1.82, 2.24) is 0 Å². The van der Waals surface area contributed by atoms with E-state index in [4.69, 9.17) is 29.0 Å². The van der Waals surface area contributed by atoms with E-state index in [0.717, 1.165) is 5.01 Å². The van der Waals surface area contributed by atoms with Crippen LogP contribution in [0.1, 0.15) is 13.3 Å². The predicted molar refractivity (Wildman–Crippen MR) is 58.4 cm³/mol. The third-order valence-corrected chi connectivity index (χ3v) is 2.57. The zero-order chi connectivity index (χ0) is 10.7. The van der Waals surface area contributed by atoms with E-state index in [1.807, 2.05) is 0 Å². The molecule has 0 saturated carbocycles. The molecule has 0 fully saturated rings. The van der Waals surface area contributed by atoms with Crippen molar-refractivity contribution < 1.29 is 4.79 Å². The second-order valence-corrected chi connectivity index (χ2v) is 3.48. The molecule has 14 heavy (non-hydrogen) atoms. The zero-order valence-corrected chi connectivity index (χ0v) is 9.14. The first-order valence-electron chi connectivity index (χ1n) is 4.09. The minimum absolute atomic E-state index is 0.214.